The summed E-state index contributed by atoms with van der Waals surface area (Å²) in [5, 5.41) is 3.25. The molecule has 1 aromatic carbocycles. The third kappa shape index (κ3) is 3.68. The van der Waals surface area contributed by atoms with Crippen LogP contribution < -0.4 is 14.8 Å². The van der Waals surface area contributed by atoms with E-state index in [4.69, 9.17) is 4.74 Å². The molecule has 0 bridgehead atoms. The van der Waals surface area contributed by atoms with E-state index in [1.54, 1.807) is 18.2 Å². The molecule has 5 nitrogen and oxygen atoms in total. The summed E-state index contributed by atoms with van der Waals surface area (Å²) in [6, 6.07) is 5.14. The second-order valence-electron chi connectivity index (χ2n) is 4.44. The van der Waals surface area contributed by atoms with E-state index < -0.39 is 10.0 Å². The number of hydrogen-bond donors (Lipinski definition) is 2. The molecule has 0 unspecified atom stereocenters. The van der Waals surface area contributed by atoms with Crippen LogP contribution in [0.5, 0.6) is 5.75 Å². The number of rotatable bonds is 5. The molecule has 0 aromatic heterocycles. The summed E-state index contributed by atoms with van der Waals surface area (Å²) in [5.41, 5.74) is 0. The molecule has 1 saturated heterocycles. The van der Waals surface area contributed by atoms with Gasteiger partial charge in [0.05, 0.1) is 7.11 Å². The van der Waals surface area contributed by atoms with E-state index >= 15 is 0 Å². The van der Waals surface area contributed by atoms with Crippen LogP contribution in [-0.4, -0.2) is 34.7 Å². The van der Waals surface area contributed by atoms with Gasteiger partial charge in [0.15, 0.2) is 0 Å². The maximum absolute atomic E-state index is 12.3. The maximum Gasteiger partial charge on any atom is 0.244 e. The Morgan fingerprint density at radius 3 is 2.95 bits per heavy atom. The molecule has 1 heterocycles. The van der Waals surface area contributed by atoms with Gasteiger partial charge in [0, 0.05) is 17.1 Å². The SMILES string of the molecule is COc1ccc(Br)cc1S(=O)(=O)NC[C@H]1CCCN1. The first kappa shape index (κ1) is 14.8. The standard InChI is InChI=1S/C12H17BrN2O3S/c1-18-11-5-4-9(13)7-12(11)19(16,17)15-8-10-3-2-6-14-10/h4-5,7,10,14-15H,2-3,6,8H2,1H3/t10-/m1/s1. The fraction of sp³-hybridized carbons (Fsp3) is 0.500. The Labute approximate surface area is 121 Å². The first-order chi connectivity index (χ1) is 9.03. The van der Waals surface area contributed by atoms with Crippen molar-refractivity contribution < 1.29 is 13.2 Å². The molecule has 106 valence electrons. The third-order valence-corrected chi connectivity index (χ3v) is 5.04. The Bertz CT molecular complexity index is 542. The molecule has 7 heteroatoms. The average Bonchev–Trinajstić information content (AvgIpc) is 2.89. The summed E-state index contributed by atoms with van der Waals surface area (Å²) >= 11 is 3.28. The van der Waals surface area contributed by atoms with E-state index in [1.165, 1.54) is 7.11 Å². The summed E-state index contributed by atoms with van der Waals surface area (Å²) in [6.45, 7) is 1.35. The predicted octanol–water partition coefficient (Wildman–Crippen LogP) is 1.49. The lowest BCUT2D eigenvalue weighted by molar-refractivity contribution is 0.402. The molecule has 2 N–H and O–H groups in total. The van der Waals surface area contributed by atoms with E-state index in [9.17, 15) is 8.42 Å². The van der Waals surface area contributed by atoms with Crippen molar-refractivity contribution in [1.82, 2.24) is 10.0 Å². The van der Waals surface area contributed by atoms with Gasteiger partial charge < -0.3 is 10.1 Å². The molecule has 1 aromatic rings. The van der Waals surface area contributed by atoms with Crippen LogP contribution in [0, 0.1) is 0 Å². The highest BCUT2D eigenvalue weighted by atomic mass is 79.9. The molecule has 0 saturated carbocycles. The normalized spacial score (nSPS) is 19.6. The molecule has 1 aliphatic heterocycles. The second-order valence-corrected chi connectivity index (χ2v) is 7.09. The number of ether oxygens (including phenoxy) is 1. The molecule has 2 rings (SSSR count). The predicted molar refractivity (Wildman–Crippen MR) is 76.9 cm³/mol. The van der Waals surface area contributed by atoms with E-state index in [1.807, 2.05) is 0 Å². The Morgan fingerprint density at radius 2 is 2.32 bits per heavy atom. The highest BCUT2D eigenvalue weighted by Crippen LogP contribution is 2.27. The van der Waals surface area contributed by atoms with Crippen molar-refractivity contribution in [2.45, 2.75) is 23.8 Å². The van der Waals surface area contributed by atoms with Crippen molar-refractivity contribution in [3.63, 3.8) is 0 Å². The van der Waals surface area contributed by atoms with Crippen LogP contribution in [0.2, 0.25) is 0 Å². The zero-order chi connectivity index (χ0) is 13.9. The lowest BCUT2D eigenvalue weighted by Gasteiger charge is -2.14. The molecule has 0 aliphatic carbocycles. The van der Waals surface area contributed by atoms with E-state index in [0.29, 0.717) is 16.8 Å². The number of benzene rings is 1. The van der Waals surface area contributed by atoms with Gasteiger partial charge in [-0.3, -0.25) is 0 Å². The summed E-state index contributed by atoms with van der Waals surface area (Å²) < 4.78 is 33.0. The largest absolute Gasteiger partial charge is 0.495 e. The highest BCUT2D eigenvalue weighted by Gasteiger charge is 2.22. The number of hydrogen-bond acceptors (Lipinski definition) is 4. The first-order valence-electron chi connectivity index (χ1n) is 6.09. The number of sulfonamides is 1. The van der Waals surface area contributed by atoms with Gasteiger partial charge in [-0.1, -0.05) is 15.9 Å². The highest BCUT2D eigenvalue weighted by molar-refractivity contribution is 9.10. The molecule has 0 amide bonds. The first-order valence-corrected chi connectivity index (χ1v) is 8.37. The summed E-state index contributed by atoms with van der Waals surface area (Å²) in [6.07, 6.45) is 2.09. The van der Waals surface area contributed by atoms with Crippen LogP contribution in [0.3, 0.4) is 0 Å². The van der Waals surface area contributed by atoms with Crippen LogP contribution in [0.25, 0.3) is 0 Å². The molecule has 1 fully saturated rings. The van der Waals surface area contributed by atoms with Gasteiger partial charge in [0.1, 0.15) is 10.6 Å². The summed E-state index contributed by atoms with van der Waals surface area (Å²) in [7, 11) is -2.10. The van der Waals surface area contributed by atoms with Gasteiger partial charge in [0.25, 0.3) is 0 Å². The second kappa shape index (κ2) is 6.21. The van der Waals surface area contributed by atoms with Gasteiger partial charge in [-0.05, 0) is 37.6 Å². The van der Waals surface area contributed by atoms with Crippen molar-refractivity contribution >= 4 is 26.0 Å². The van der Waals surface area contributed by atoms with Crippen LogP contribution in [0.4, 0.5) is 0 Å². The quantitative estimate of drug-likeness (QED) is 0.845. The molecule has 19 heavy (non-hydrogen) atoms. The zero-order valence-electron chi connectivity index (χ0n) is 10.6. The molecule has 0 radical (unpaired) electrons. The number of halogens is 1. The monoisotopic (exact) mass is 348 g/mol. The van der Waals surface area contributed by atoms with Crippen LogP contribution >= 0.6 is 15.9 Å². The molecule has 1 atom stereocenters. The lowest BCUT2D eigenvalue weighted by Crippen LogP contribution is -2.37. The fourth-order valence-electron chi connectivity index (χ4n) is 2.08. The van der Waals surface area contributed by atoms with Crippen LogP contribution in [0.1, 0.15) is 12.8 Å². The summed E-state index contributed by atoms with van der Waals surface area (Å²) in [4.78, 5) is 0.155. The maximum atomic E-state index is 12.3. The van der Waals surface area contributed by atoms with Gasteiger partial charge in [-0.15, -0.1) is 0 Å². The van der Waals surface area contributed by atoms with E-state index in [0.717, 1.165) is 19.4 Å². The van der Waals surface area contributed by atoms with Crippen LogP contribution in [-0.2, 0) is 10.0 Å². The molecular formula is C12H17BrN2O3S. The number of methoxy groups -OCH3 is 1. The van der Waals surface area contributed by atoms with Crippen LogP contribution in [0.15, 0.2) is 27.6 Å². The third-order valence-electron chi connectivity index (χ3n) is 3.10. The summed E-state index contributed by atoms with van der Waals surface area (Å²) in [5.74, 6) is 0.343. The molecule has 1 aliphatic rings. The Morgan fingerprint density at radius 1 is 1.53 bits per heavy atom. The van der Waals surface area contributed by atoms with Gasteiger partial charge >= 0.3 is 0 Å². The number of nitrogens with one attached hydrogen (secondary N) is 2. The van der Waals surface area contributed by atoms with Gasteiger partial charge in [0.2, 0.25) is 10.0 Å². The Kier molecular flexibility index (Phi) is 4.83. The zero-order valence-corrected chi connectivity index (χ0v) is 13.1. The Balaban J connectivity index is 2.16. The van der Waals surface area contributed by atoms with E-state index in [2.05, 4.69) is 26.0 Å². The van der Waals surface area contributed by atoms with Crippen molar-refractivity contribution in [1.29, 1.82) is 0 Å². The minimum Gasteiger partial charge on any atom is -0.495 e. The lowest BCUT2D eigenvalue weighted by atomic mass is 10.2. The topological polar surface area (TPSA) is 67.4 Å². The van der Waals surface area contributed by atoms with Crippen molar-refractivity contribution in [2.75, 3.05) is 20.2 Å². The minimum atomic E-state index is -3.56. The van der Waals surface area contributed by atoms with Crippen molar-refractivity contribution in [3.05, 3.63) is 22.7 Å². The smallest absolute Gasteiger partial charge is 0.244 e. The molecule has 0 spiro atoms. The average molecular weight is 349 g/mol. The van der Waals surface area contributed by atoms with Crippen molar-refractivity contribution in [2.24, 2.45) is 0 Å². The Hall–Kier alpha value is -0.630. The van der Waals surface area contributed by atoms with Gasteiger partial charge in [-0.2, -0.15) is 0 Å². The minimum absolute atomic E-state index is 0.155. The molecular weight excluding hydrogens is 332 g/mol. The van der Waals surface area contributed by atoms with E-state index in [-0.39, 0.29) is 10.9 Å². The van der Waals surface area contributed by atoms with Gasteiger partial charge in [-0.25, -0.2) is 13.1 Å². The van der Waals surface area contributed by atoms with Crippen molar-refractivity contribution in [3.8, 4) is 5.75 Å². The fourth-order valence-corrected chi connectivity index (χ4v) is 3.87.